The predicted molar refractivity (Wildman–Crippen MR) is 177 cm³/mol. The van der Waals surface area contributed by atoms with E-state index in [-0.39, 0.29) is 36.1 Å². The van der Waals surface area contributed by atoms with Crippen molar-refractivity contribution in [2.45, 2.75) is 61.1 Å². The summed E-state index contributed by atoms with van der Waals surface area (Å²) in [5.41, 5.74) is 1.60. The largest absolute Gasteiger partial charge is 0.396 e. The highest BCUT2D eigenvalue weighted by Gasteiger charge is 2.74. The number of rotatable bonds is 15. The van der Waals surface area contributed by atoms with Gasteiger partial charge in [0.05, 0.1) is 27.3 Å². The van der Waals surface area contributed by atoms with Crippen LogP contribution >= 0.6 is 23.4 Å². The number of hydrogen-bond donors (Lipinski definition) is 1. The Morgan fingerprint density at radius 2 is 1.70 bits per heavy atom. The van der Waals surface area contributed by atoms with Crippen LogP contribution in [-0.2, 0) is 20.9 Å². The molecule has 3 heterocycles. The molecule has 1 spiro atoms. The van der Waals surface area contributed by atoms with Gasteiger partial charge < -0.3 is 19.8 Å². The zero-order valence-electron chi connectivity index (χ0n) is 25.2. The number of anilines is 1. The summed E-state index contributed by atoms with van der Waals surface area (Å²) in [5, 5.41) is 9.65. The normalized spacial score (nSPS) is 25.1. The third-order valence-electron chi connectivity index (χ3n) is 9.22. The molecule has 0 radical (unpaired) electrons. The van der Waals surface area contributed by atoms with Crippen LogP contribution in [0.5, 0.6) is 0 Å². The van der Waals surface area contributed by atoms with E-state index in [0.29, 0.717) is 43.2 Å². The number of para-hydroxylation sites is 1. The Kier molecular flexibility index (Phi) is 10.5. The van der Waals surface area contributed by atoms with Crippen molar-refractivity contribution in [1.82, 2.24) is 9.80 Å². The van der Waals surface area contributed by atoms with E-state index in [9.17, 15) is 19.5 Å². The van der Waals surface area contributed by atoms with Gasteiger partial charge in [-0.05, 0) is 43.4 Å². The second-order valence-electron chi connectivity index (χ2n) is 11.9. The van der Waals surface area contributed by atoms with Crippen molar-refractivity contribution in [3.63, 3.8) is 0 Å². The summed E-state index contributed by atoms with van der Waals surface area (Å²) in [4.78, 5) is 48.8. The zero-order valence-corrected chi connectivity index (χ0v) is 26.7. The lowest BCUT2D eigenvalue weighted by molar-refractivity contribution is -0.144. The van der Waals surface area contributed by atoms with Crippen LogP contribution < -0.4 is 4.90 Å². The molecule has 9 heteroatoms. The van der Waals surface area contributed by atoms with Gasteiger partial charge in [0.15, 0.2) is 0 Å². The third-order valence-corrected chi connectivity index (χ3v) is 11.5. The summed E-state index contributed by atoms with van der Waals surface area (Å²) in [6, 6.07) is 16.4. The smallest absolute Gasteiger partial charge is 0.251 e. The fraction of sp³-hybridized carbons (Fsp3) is 0.457. The number of hydrogen-bond acceptors (Lipinski definition) is 5. The van der Waals surface area contributed by atoms with Crippen molar-refractivity contribution in [2.75, 3.05) is 31.1 Å². The maximum Gasteiger partial charge on any atom is 0.251 e. The fourth-order valence-corrected chi connectivity index (χ4v) is 9.80. The number of likely N-dealkylation sites (tertiary alicyclic amines) is 1. The minimum Gasteiger partial charge on any atom is -0.396 e. The van der Waals surface area contributed by atoms with Gasteiger partial charge in [-0.3, -0.25) is 14.4 Å². The number of halogens is 1. The molecule has 3 aliphatic rings. The fourth-order valence-electron chi connectivity index (χ4n) is 7.36. The van der Waals surface area contributed by atoms with Gasteiger partial charge in [0.1, 0.15) is 6.04 Å². The highest BCUT2D eigenvalue weighted by atomic mass is 35.5. The first-order valence-corrected chi connectivity index (χ1v) is 16.8. The number of aliphatic hydroxyl groups excluding tert-OH is 1. The number of carbonyl (C=O) groups is 3. The van der Waals surface area contributed by atoms with E-state index in [0.717, 1.165) is 31.2 Å². The van der Waals surface area contributed by atoms with Crippen molar-refractivity contribution in [3.8, 4) is 0 Å². The molecule has 3 saturated heterocycles. The molecule has 7 nitrogen and oxygen atoms in total. The lowest BCUT2D eigenvalue weighted by Gasteiger charge is -2.38. The number of aliphatic hydroxyl groups is 1. The summed E-state index contributed by atoms with van der Waals surface area (Å²) in [6.45, 7) is 9.41. The van der Waals surface area contributed by atoms with Crippen molar-refractivity contribution < 1.29 is 19.5 Å². The number of thioether (sulfide) groups is 1. The molecule has 3 aliphatic heterocycles. The molecule has 0 aromatic heterocycles. The molecule has 3 amide bonds. The monoisotopic (exact) mass is 635 g/mol. The predicted octanol–water partition coefficient (Wildman–Crippen LogP) is 5.72. The second-order valence-corrected chi connectivity index (χ2v) is 13.9. The highest BCUT2D eigenvalue weighted by molar-refractivity contribution is 8.02. The maximum absolute atomic E-state index is 14.7. The van der Waals surface area contributed by atoms with Gasteiger partial charge in [-0.15, -0.1) is 24.9 Å². The number of fused-ring (bicyclic) bond motifs is 1. The number of unbranched alkanes of at least 4 members (excludes halogenated alkanes) is 3. The lowest BCUT2D eigenvalue weighted by atomic mass is 9.70. The topological polar surface area (TPSA) is 81.2 Å². The molecule has 1 N–H and O–H groups in total. The number of nitrogens with zero attached hydrogens (tertiary/aromatic N) is 3. The van der Waals surface area contributed by atoms with E-state index in [1.54, 1.807) is 44.7 Å². The lowest BCUT2D eigenvalue weighted by Crippen LogP contribution is -2.55. The number of carbonyl (C=O) groups excluding carboxylic acids is 3. The highest BCUT2D eigenvalue weighted by Crippen LogP contribution is 2.66. The van der Waals surface area contributed by atoms with Gasteiger partial charge in [0, 0.05) is 38.0 Å². The summed E-state index contributed by atoms with van der Waals surface area (Å²) >= 11 is 8.27. The van der Waals surface area contributed by atoms with Crippen molar-refractivity contribution in [3.05, 3.63) is 90.5 Å². The Bertz CT molecular complexity index is 1370. The Morgan fingerprint density at radius 1 is 1.00 bits per heavy atom. The molecule has 234 valence electrons. The van der Waals surface area contributed by atoms with Gasteiger partial charge >= 0.3 is 0 Å². The molecule has 2 unspecified atom stereocenters. The van der Waals surface area contributed by atoms with E-state index < -0.39 is 22.6 Å². The van der Waals surface area contributed by atoms with Gasteiger partial charge in [0.25, 0.3) is 5.91 Å². The minimum atomic E-state index is -0.719. The molecule has 5 atom stereocenters. The first-order chi connectivity index (χ1) is 21.4. The molecule has 3 fully saturated rings. The van der Waals surface area contributed by atoms with Gasteiger partial charge in [-0.2, -0.15) is 0 Å². The first kappa shape index (κ1) is 32.3. The SMILES string of the molecule is C=CCN(Cc1ccccc1)C(=O)[C@@H]1[C@@H]2CCC3(S2)C(C(=O)N(CC=C)c2ccccc2Cl)N(CCCCCCO)C(=O)[C@H]13. The first-order valence-electron chi connectivity index (χ1n) is 15.6. The van der Waals surface area contributed by atoms with Crippen LogP contribution in [0.15, 0.2) is 79.9 Å². The number of benzene rings is 2. The average molecular weight is 636 g/mol. The zero-order chi connectivity index (χ0) is 31.3. The molecule has 2 aromatic rings. The van der Waals surface area contributed by atoms with Crippen LogP contribution in [0.3, 0.4) is 0 Å². The van der Waals surface area contributed by atoms with E-state index in [4.69, 9.17) is 11.6 Å². The Morgan fingerprint density at radius 3 is 2.41 bits per heavy atom. The quantitative estimate of drug-likeness (QED) is 0.200. The van der Waals surface area contributed by atoms with E-state index in [1.807, 2.05) is 48.5 Å². The van der Waals surface area contributed by atoms with Gasteiger partial charge in [0.2, 0.25) is 11.8 Å². The second kappa shape index (κ2) is 14.4. The Balaban J connectivity index is 1.50. The summed E-state index contributed by atoms with van der Waals surface area (Å²) in [6.07, 6.45) is 7.99. The van der Waals surface area contributed by atoms with Crippen molar-refractivity contribution in [2.24, 2.45) is 11.8 Å². The van der Waals surface area contributed by atoms with Crippen LogP contribution in [0.4, 0.5) is 5.69 Å². The summed E-state index contributed by atoms with van der Waals surface area (Å²) in [7, 11) is 0. The Hall–Kier alpha value is -3.07. The van der Waals surface area contributed by atoms with E-state index >= 15 is 0 Å². The standard InChI is InChI=1S/C35H42ClN3O4S/c1-3-20-37(24-25-14-8-7-9-15-25)32(41)29-28-18-19-35(44-28)30(29)33(42)39(22-12-5-6-13-23-40)31(35)34(43)38(21-4-2)27-17-11-10-16-26(27)36/h3-4,7-11,14-17,28-31,40H,1-2,5-6,12-13,18-24H2/t28-,29+,30-,31?,35?/m0/s1. The third kappa shape index (κ3) is 6.09. The van der Waals surface area contributed by atoms with E-state index in [2.05, 4.69) is 13.2 Å². The molecule has 0 saturated carbocycles. The van der Waals surface area contributed by atoms with Crippen LogP contribution in [0.1, 0.15) is 44.1 Å². The average Bonchev–Trinajstić information content (AvgIpc) is 3.67. The van der Waals surface area contributed by atoms with Crippen LogP contribution in [0.2, 0.25) is 5.02 Å². The van der Waals surface area contributed by atoms with E-state index in [1.165, 1.54) is 0 Å². The van der Waals surface area contributed by atoms with Gasteiger partial charge in [-0.25, -0.2) is 0 Å². The molecule has 2 aromatic carbocycles. The molecule has 5 rings (SSSR count). The van der Waals surface area contributed by atoms with Gasteiger partial charge in [-0.1, -0.05) is 79.1 Å². The van der Waals surface area contributed by atoms with Crippen molar-refractivity contribution >= 4 is 46.8 Å². The van der Waals surface area contributed by atoms with Crippen LogP contribution in [0, 0.1) is 11.8 Å². The molecule has 2 bridgehead atoms. The Labute approximate surface area is 269 Å². The summed E-state index contributed by atoms with van der Waals surface area (Å²) < 4.78 is -0.697. The van der Waals surface area contributed by atoms with Crippen molar-refractivity contribution in [1.29, 1.82) is 0 Å². The molecule has 44 heavy (non-hydrogen) atoms. The van der Waals surface area contributed by atoms with Crippen LogP contribution in [-0.4, -0.2) is 74.9 Å². The molecular formula is C35H42ClN3O4S. The minimum absolute atomic E-state index is 0.0327. The molecular weight excluding hydrogens is 594 g/mol. The maximum atomic E-state index is 14.7. The molecule has 0 aliphatic carbocycles. The summed E-state index contributed by atoms with van der Waals surface area (Å²) in [5.74, 6) is -1.42. The number of amides is 3. The van der Waals surface area contributed by atoms with Crippen LogP contribution in [0.25, 0.3) is 0 Å².